The highest BCUT2D eigenvalue weighted by atomic mass is 16.5. The molecule has 1 saturated heterocycles. The summed E-state index contributed by atoms with van der Waals surface area (Å²) in [6.45, 7) is 3.72. The van der Waals surface area contributed by atoms with E-state index in [2.05, 4.69) is 40.0 Å². The van der Waals surface area contributed by atoms with E-state index in [1.54, 1.807) is 7.11 Å². The quantitative estimate of drug-likeness (QED) is 0.680. The summed E-state index contributed by atoms with van der Waals surface area (Å²) < 4.78 is 7.85. The van der Waals surface area contributed by atoms with Crippen molar-refractivity contribution < 1.29 is 14.6 Å². The number of piperidine rings is 1. The Hall–Kier alpha value is -2.25. The van der Waals surface area contributed by atoms with Crippen LogP contribution in [0.3, 0.4) is 0 Å². The summed E-state index contributed by atoms with van der Waals surface area (Å²) in [5, 5.41) is 15.2. The summed E-state index contributed by atoms with van der Waals surface area (Å²) in [4.78, 5) is 17.6. The Morgan fingerprint density at radius 1 is 1.17 bits per heavy atom. The van der Waals surface area contributed by atoms with Crippen LogP contribution in [0.25, 0.3) is 10.9 Å². The molecule has 2 aromatic rings. The van der Waals surface area contributed by atoms with Gasteiger partial charge >= 0.3 is 6.03 Å². The molecule has 0 unspecified atom stereocenters. The molecule has 35 heavy (non-hydrogen) atoms. The van der Waals surface area contributed by atoms with E-state index in [4.69, 9.17) is 4.74 Å². The van der Waals surface area contributed by atoms with E-state index < -0.39 is 0 Å². The molecule has 1 atom stereocenters. The summed E-state index contributed by atoms with van der Waals surface area (Å²) in [5.74, 6) is 1.62. The van der Waals surface area contributed by atoms with Gasteiger partial charge in [-0.1, -0.05) is 12.8 Å². The van der Waals surface area contributed by atoms with Gasteiger partial charge in [0.1, 0.15) is 5.75 Å². The maximum atomic E-state index is 13.0. The molecule has 1 spiro atoms. The average molecular weight is 481 g/mol. The molecule has 190 valence electrons. The summed E-state index contributed by atoms with van der Waals surface area (Å²) in [6.07, 6.45) is 9.21. The zero-order valence-corrected chi connectivity index (χ0v) is 21.3. The number of aryl methyl sites for hydroxylation is 1. The minimum atomic E-state index is -0.00582. The number of aliphatic hydroxyl groups excluding tert-OH is 1. The largest absolute Gasteiger partial charge is 0.497 e. The van der Waals surface area contributed by atoms with Gasteiger partial charge in [0.05, 0.1) is 25.3 Å². The third kappa shape index (κ3) is 4.01. The number of nitrogens with one attached hydrogen (secondary N) is 1. The van der Waals surface area contributed by atoms with Crippen LogP contribution in [0, 0.1) is 5.92 Å². The number of likely N-dealkylation sites (tertiary alicyclic amines) is 1. The number of fused-ring (bicyclic) bond motifs is 4. The SMILES string of the molecule is COc1ccc2c3c(n(C)c2c1)[C@@H](CO)N(CC1CC1)CC31CCN(C(=O)NC2CCCC2)CC1. The molecule has 4 aliphatic rings. The molecule has 2 N–H and O–H groups in total. The Labute approximate surface area is 208 Å². The number of methoxy groups -OCH3 is 1. The van der Waals surface area contributed by atoms with Crippen LogP contribution in [0.5, 0.6) is 5.75 Å². The number of hydrogen-bond acceptors (Lipinski definition) is 4. The maximum absolute atomic E-state index is 13.0. The Morgan fingerprint density at radius 3 is 2.57 bits per heavy atom. The predicted molar refractivity (Wildman–Crippen MR) is 137 cm³/mol. The number of benzene rings is 1. The van der Waals surface area contributed by atoms with E-state index in [0.29, 0.717) is 6.04 Å². The van der Waals surface area contributed by atoms with Crippen LogP contribution in [-0.2, 0) is 12.5 Å². The lowest BCUT2D eigenvalue weighted by Crippen LogP contribution is -2.56. The molecule has 3 heterocycles. The van der Waals surface area contributed by atoms with Crippen LogP contribution < -0.4 is 10.1 Å². The van der Waals surface area contributed by atoms with Crippen molar-refractivity contribution in [3.8, 4) is 5.75 Å². The van der Waals surface area contributed by atoms with Crippen LogP contribution in [0.15, 0.2) is 18.2 Å². The molecule has 7 nitrogen and oxygen atoms in total. The van der Waals surface area contributed by atoms with Crippen molar-refractivity contribution >= 4 is 16.9 Å². The normalized spacial score (nSPS) is 24.8. The highest BCUT2D eigenvalue weighted by Crippen LogP contribution is 2.51. The van der Waals surface area contributed by atoms with Crippen LogP contribution in [0.1, 0.15) is 68.7 Å². The van der Waals surface area contributed by atoms with Gasteiger partial charge in [-0.15, -0.1) is 0 Å². The molecule has 1 aromatic carbocycles. The van der Waals surface area contributed by atoms with E-state index >= 15 is 0 Å². The Balaban J connectivity index is 1.35. The number of carbonyl (C=O) groups is 1. The number of nitrogens with zero attached hydrogens (tertiary/aromatic N) is 3. The third-order valence-electron chi connectivity index (χ3n) is 9.30. The van der Waals surface area contributed by atoms with Gasteiger partial charge in [0, 0.05) is 61.8 Å². The van der Waals surface area contributed by atoms with E-state index in [0.717, 1.165) is 63.5 Å². The summed E-state index contributed by atoms with van der Waals surface area (Å²) in [6, 6.07) is 6.89. The smallest absolute Gasteiger partial charge is 0.317 e. The topological polar surface area (TPSA) is 70.0 Å². The number of ether oxygens (including phenoxy) is 1. The number of urea groups is 1. The molecule has 2 aliphatic carbocycles. The van der Waals surface area contributed by atoms with Gasteiger partial charge in [-0.3, -0.25) is 4.90 Å². The third-order valence-corrected chi connectivity index (χ3v) is 9.30. The number of amides is 2. The molecule has 2 amide bonds. The van der Waals surface area contributed by atoms with Gasteiger partial charge in [0.2, 0.25) is 0 Å². The fourth-order valence-corrected chi connectivity index (χ4v) is 7.17. The number of aromatic nitrogens is 1. The molecule has 6 rings (SSSR count). The van der Waals surface area contributed by atoms with Crippen LogP contribution in [0.2, 0.25) is 0 Å². The first-order valence-corrected chi connectivity index (χ1v) is 13.6. The summed E-state index contributed by atoms with van der Waals surface area (Å²) in [7, 11) is 3.85. The lowest BCUT2D eigenvalue weighted by Gasteiger charge is -2.50. The molecule has 3 fully saturated rings. The number of aliphatic hydroxyl groups is 1. The first-order valence-electron chi connectivity index (χ1n) is 13.6. The first kappa shape index (κ1) is 23.2. The molecular weight excluding hydrogens is 440 g/mol. The monoisotopic (exact) mass is 480 g/mol. The molecule has 0 bridgehead atoms. The number of carbonyl (C=O) groups excluding carboxylic acids is 1. The Kier molecular flexibility index (Phi) is 5.96. The first-order chi connectivity index (χ1) is 17.0. The second kappa shape index (κ2) is 9.00. The fraction of sp³-hybridized carbons (Fsp3) is 0.679. The maximum Gasteiger partial charge on any atom is 0.317 e. The molecule has 2 saturated carbocycles. The van der Waals surface area contributed by atoms with Crippen molar-refractivity contribution in [3.63, 3.8) is 0 Å². The summed E-state index contributed by atoms with van der Waals surface area (Å²) >= 11 is 0. The highest BCUT2D eigenvalue weighted by molar-refractivity contribution is 5.88. The fourth-order valence-electron chi connectivity index (χ4n) is 7.17. The van der Waals surface area contributed by atoms with Crippen molar-refractivity contribution in [1.29, 1.82) is 0 Å². The number of hydrogen-bond donors (Lipinski definition) is 2. The van der Waals surface area contributed by atoms with Gasteiger partial charge < -0.3 is 24.6 Å². The molecular formula is C28H40N4O3. The van der Waals surface area contributed by atoms with Crippen molar-refractivity contribution in [2.75, 3.05) is 39.9 Å². The Bertz CT molecular complexity index is 1090. The van der Waals surface area contributed by atoms with Crippen molar-refractivity contribution in [3.05, 3.63) is 29.5 Å². The zero-order chi connectivity index (χ0) is 24.2. The summed E-state index contributed by atoms with van der Waals surface area (Å²) in [5.41, 5.74) is 3.82. The van der Waals surface area contributed by atoms with E-state index in [9.17, 15) is 9.90 Å². The lowest BCUT2D eigenvalue weighted by atomic mass is 9.68. The van der Waals surface area contributed by atoms with Crippen molar-refractivity contribution in [2.24, 2.45) is 13.0 Å². The second-order valence-corrected chi connectivity index (χ2v) is 11.5. The molecule has 7 heteroatoms. The number of rotatable bonds is 5. The second-order valence-electron chi connectivity index (χ2n) is 11.5. The van der Waals surface area contributed by atoms with Gasteiger partial charge in [0.25, 0.3) is 0 Å². The minimum Gasteiger partial charge on any atom is -0.497 e. The van der Waals surface area contributed by atoms with E-state index in [1.165, 1.54) is 47.8 Å². The van der Waals surface area contributed by atoms with Gasteiger partial charge in [-0.25, -0.2) is 4.79 Å². The molecule has 0 radical (unpaired) electrons. The average Bonchev–Trinajstić information content (AvgIpc) is 3.44. The molecule has 1 aromatic heterocycles. The highest BCUT2D eigenvalue weighted by Gasteiger charge is 2.49. The van der Waals surface area contributed by atoms with Gasteiger partial charge in [-0.2, -0.15) is 0 Å². The standard InChI is InChI=1S/C28H40N4O3/c1-30-23-15-21(35-2)9-10-22(23)25-26(30)24(17-33)32(16-19-7-8-19)18-28(25)11-13-31(14-12-28)27(34)29-20-5-3-4-6-20/h9-10,15,19-20,24,33H,3-8,11-14,16-18H2,1-2H3,(H,29,34)/t24-/m1/s1. The van der Waals surface area contributed by atoms with Crippen LogP contribution in [0.4, 0.5) is 4.79 Å². The lowest BCUT2D eigenvalue weighted by molar-refractivity contribution is 0.0487. The van der Waals surface area contributed by atoms with Crippen LogP contribution >= 0.6 is 0 Å². The van der Waals surface area contributed by atoms with Gasteiger partial charge in [-0.05, 0) is 62.1 Å². The van der Waals surface area contributed by atoms with Gasteiger partial charge in [0.15, 0.2) is 0 Å². The van der Waals surface area contributed by atoms with E-state index in [-0.39, 0.29) is 24.1 Å². The molecule has 2 aliphatic heterocycles. The van der Waals surface area contributed by atoms with Crippen molar-refractivity contribution in [2.45, 2.75) is 68.9 Å². The van der Waals surface area contributed by atoms with Crippen LogP contribution in [-0.4, -0.2) is 71.4 Å². The Morgan fingerprint density at radius 2 is 1.91 bits per heavy atom. The minimum absolute atomic E-state index is 0.00582. The predicted octanol–water partition coefficient (Wildman–Crippen LogP) is 3.93. The van der Waals surface area contributed by atoms with Crippen molar-refractivity contribution in [1.82, 2.24) is 19.7 Å². The van der Waals surface area contributed by atoms with E-state index in [1.807, 2.05) is 4.90 Å². The zero-order valence-electron chi connectivity index (χ0n) is 21.3.